The van der Waals surface area contributed by atoms with Crippen molar-refractivity contribution in [3.05, 3.63) is 47.1 Å². The molecule has 0 bridgehead atoms. The number of ether oxygens (including phenoxy) is 1. The first-order valence-electron chi connectivity index (χ1n) is 7.23. The Kier molecular flexibility index (Phi) is 5.44. The highest BCUT2D eigenvalue weighted by Gasteiger charge is 2.27. The van der Waals surface area contributed by atoms with E-state index >= 15 is 0 Å². The van der Waals surface area contributed by atoms with E-state index in [0.29, 0.717) is 29.3 Å². The van der Waals surface area contributed by atoms with E-state index < -0.39 is 12.0 Å². The van der Waals surface area contributed by atoms with Gasteiger partial charge in [-0.2, -0.15) is 10.2 Å². The van der Waals surface area contributed by atoms with E-state index in [2.05, 4.69) is 21.5 Å². The molecule has 23 heavy (non-hydrogen) atoms. The van der Waals surface area contributed by atoms with Crippen LogP contribution in [0.2, 0.25) is 0 Å². The average Bonchev–Trinajstić information content (AvgIpc) is 3.01. The first-order chi connectivity index (χ1) is 11.1. The van der Waals surface area contributed by atoms with Crippen molar-refractivity contribution in [1.29, 1.82) is 5.26 Å². The van der Waals surface area contributed by atoms with Gasteiger partial charge in [0.15, 0.2) is 5.82 Å². The number of hydrogen-bond acceptors (Lipinski definition) is 7. The maximum Gasteiger partial charge on any atom is 0.327 e. The molecule has 1 heterocycles. The van der Waals surface area contributed by atoms with Gasteiger partial charge in [-0.25, -0.2) is 4.79 Å². The van der Waals surface area contributed by atoms with E-state index in [0.717, 1.165) is 0 Å². The molecule has 0 saturated heterocycles. The molecule has 2 aromatic rings. The monoisotopic (exact) mass is 314 g/mol. The number of nitrogens with zero attached hydrogens (tertiary/aromatic N) is 3. The smallest absolute Gasteiger partial charge is 0.327 e. The minimum Gasteiger partial charge on any atom is -0.468 e. The van der Waals surface area contributed by atoms with Crippen molar-refractivity contribution >= 4 is 5.97 Å². The summed E-state index contributed by atoms with van der Waals surface area (Å²) in [5, 5.41) is 16.1. The van der Waals surface area contributed by atoms with Gasteiger partial charge in [-0.15, -0.1) is 0 Å². The second kappa shape index (κ2) is 7.51. The summed E-state index contributed by atoms with van der Waals surface area (Å²) in [6.45, 7) is 3.65. The SMILES string of the molecule is CCC(NC(C(=O)OC)c1cccc(C#N)c1)c1noc(C)n1. The molecule has 0 spiro atoms. The number of aryl methyl sites for hydroxylation is 1. The lowest BCUT2D eigenvalue weighted by Crippen LogP contribution is -2.33. The molecule has 2 atom stereocenters. The van der Waals surface area contributed by atoms with Crippen LogP contribution in [0.4, 0.5) is 0 Å². The van der Waals surface area contributed by atoms with E-state index in [9.17, 15) is 4.79 Å². The number of nitrogens with one attached hydrogen (secondary N) is 1. The molecule has 0 aliphatic heterocycles. The number of rotatable bonds is 6. The number of hydrogen-bond donors (Lipinski definition) is 1. The highest BCUT2D eigenvalue weighted by Crippen LogP contribution is 2.22. The van der Waals surface area contributed by atoms with Crippen molar-refractivity contribution in [1.82, 2.24) is 15.5 Å². The third kappa shape index (κ3) is 3.93. The molecule has 120 valence electrons. The van der Waals surface area contributed by atoms with Crippen LogP contribution in [0.1, 0.15) is 48.3 Å². The third-order valence-electron chi connectivity index (χ3n) is 3.42. The summed E-state index contributed by atoms with van der Waals surface area (Å²) in [6, 6.07) is 7.89. The summed E-state index contributed by atoms with van der Waals surface area (Å²) < 4.78 is 9.88. The van der Waals surface area contributed by atoms with Gasteiger partial charge in [-0.05, 0) is 24.1 Å². The molecule has 1 aromatic heterocycles. The fourth-order valence-electron chi connectivity index (χ4n) is 2.24. The molecule has 0 aliphatic carbocycles. The molecular formula is C16H18N4O3. The van der Waals surface area contributed by atoms with Gasteiger partial charge in [0.2, 0.25) is 5.89 Å². The van der Waals surface area contributed by atoms with Gasteiger partial charge in [-0.3, -0.25) is 5.32 Å². The van der Waals surface area contributed by atoms with E-state index in [1.807, 2.05) is 6.92 Å². The molecule has 2 rings (SSSR count). The van der Waals surface area contributed by atoms with Crippen LogP contribution in [-0.4, -0.2) is 23.2 Å². The van der Waals surface area contributed by atoms with Crippen LogP contribution in [0.15, 0.2) is 28.8 Å². The number of carbonyl (C=O) groups excluding carboxylic acids is 1. The van der Waals surface area contributed by atoms with Crippen molar-refractivity contribution < 1.29 is 14.1 Å². The Morgan fingerprint density at radius 3 is 2.87 bits per heavy atom. The van der Waals surface area contributed by atoms with Crippen LogP contribution in [-0.2, 0) is 9.53 Å². The van der Waals surface area contributed by atoms with Gasteiger partial charge in [0.05, 0.1) is 24.8 Å². The second-order valence-electron chi connectivity index (χ2n) is 4.99. The Balaban J connectivity index is 2.31. The quantitative estimate of drug-likeness (QED) is 0.815. The molecule has 7 nitrogen and oxygen atoms in total. The van der Waals surface area contributed by atoms with Gasteiger partial charge in [0.25, 0.3) is 0 Å². The largest absolute Gasteiger partial charge is 0.468 e. The van der Waals surface area contributed by atoms with Crippen molar-refractivity contribution in [3.8, 4) is 6.07 Å². The Labute approximate surface area is 134 Å². The van der Waals surface area contributed by atoms with Crippen molar-refractivity contribution in [2.45, 2.75) is 32.4 Å². The minimum atomic E-state index is -0.725. The normalized spacial score (nSPS) is 13.1. The summed E-state index contributed by atoms with van der Waals surface area (Å²) in [4.78, 5) is 16.4. The maximum atomic E-state index is 12.2. The Bertz CT molecular complexity index is 720. The van der Waals surface area contributed by atoms with E-state index in [4.69, 9.17) is 14.5 Å². The number of aromatic nitrogens is 2. The topological polar surface area (TPSA) is 101 Å². The predicted molar refractivity (Wildman–Crippen MR) is 81.1 cm³/mol. The van der Waals surface area contributed by atoms with E-state index in [1.54, 1.807) is 31.2 Å². The number of esters is 1. The maximum absolute atomic E-state index is 12.2. The number of benzene rings is 1. The molecule has 0 radical (unpaired) electrons. The van der Waals surface area contributed by atoms with Crippen LogP contribution in [0.3, 0.4) is 0 Å². The fraction of sp³-hybridized carbons (Fsp3) is 0.375. The summed E-state index contributed by atoms with van der Waals surface area (Å²) in [5.74, 6) is 0.496. The number of methoxy groups -OCH3 is 1. The summed E-state index contributed by atoms with van der Waals surface area (Å²) in [7, 11) is 1.32. The molecule has 7 heteroatoms. The zero-order valence-electron chi connectivity index (χ0n) is 13.2. The summed E-state index contributed by atoms with van der Waals surface area (Å²) in [5.41, 5.74) is 1.12. The fourth-order valence-corrected chi connectivity index (χ4v) is 2.24. The molecule has 0 aliphatic rings. The third-order valence-corrected chi connectivity index (χ3v) is 3.42. The van der Waals surface area contributed by atoms with Gasteiger partial charge in [0, 0.05) is 6.92 Å². The van der Waals surface area contributed by atoms with Gasteiger partial charge < -0.3 is 9.26 Å². The lowest BCUT2D eigenvalue weighted by atomic mass is 10.0. The van der Waals surface area contributed by atoms with Crippen LogP contribution >= 0.6 is 0 Å². The lowest BCUT2D eigenvalue weighted by molar-refractivity contribution is -0.143. The first kappa shape index (κ1) is 16.6. The van der Waals surface area contributed by atoms with Gasteiger partial charge >= 0.3 is 5.97 Å². The average molecular weight is 314 g/mol. The minimum absolute atomic E-state index is 0.276. The van der Waals surface area contributed by atoms with E-state index in [-0.39, 0.29) is 6.04 Å². The molecular weight excluding hydrogens is 296 g/mol. The first-order valence-corrected chi connectivity index (χ1v) is 7.23. The van der Waals surface area contributed by atoms with Crippen molar-refractivity contribution in [2.75, 3.05) is 7.11 Å². The van der Waals surface area contributed by atoms with Crippen LogP contribution in [0.5, 0.6) is 0 Å². The van der Waals surface area contributed by atoms with Gasteiger partial charge in [0.1, 0.15) is 6.04 Å². The van der Waals surface area contributed by atoms with Crippen molar-refractivity contribution in [2.24, 2.45) is 0 Å². The Morgan fingerprint density at radius 1 is 1.52 bits per heavy atom. The highest BCUT2D eigenvalue weighted by molar-refractivity contribution is 5.77. The van der Waals surface area contributed by atoms with Crippen LogP contribution < -0.4 is 5.32 Å². The standard InChI is InChI=1S/C16H18N4O3/c1-4-13(15-18-10(2)23-20-15)19-14(16(21)22-3)12-7-5-6-11(8-12)9-17/h5-8,13-14,19H,4H2,1-3H3. The molecule has 0 amide bonds. The van der Waals surface area contributed by atoms with Crippen molar-refractivity contribution in [3.63, 3.8) is 0 Å². The second-order valence-corrected chi connectivity index (χ2v) is 4.99. The Morgan fingerprint density at radius 2 is 2.30 bits per heavy atom. The summed E-state index contributed by atoms with van der Waals surface area (Å²) in [6.07, 6.45) is 0.657. The molecule has 1 N–H and O–H groups in total. The van der Waals surface area contributed by atoms with E-state index in [1.165, 1.54) is 7.11 Å². The van der Waals surface area contributed by atoms with Gasteiger partial charge in [-0.1, -0.05) is 24.2 Å². The number of carbonyl (C=O) groups is 1. The predicted octanol–water partition coefficient (Wildman–Crippen LogP) is 2.20. The van der Waals surface area contributed by atoms with Crippen LogP contribution in [0, 0.1) is 18.3 Å². The summed E-state index contributed by atoms with van der Waals surface area (Å²) >= 11 is 0. The molecule has 0 saturated carbocycles. The zero-order valence-corrected chi connectivity index (χ0v) is 13.2. The zero-order chi connectivity index (χ0) is 16.8. The molecule has 1 aromatic carbocycles. The Hall–Kier alpha value is -2.72. The molecule has 0 fully saturated rings. The highest BCUT2D eigenvalue weighted by atomic mass is 16.5. The van der Waals surface area contributed by atoms with Crippen LogP contribution in [0.25, 0.3) is 0 Å². The molecule has 2 unspecified atom stereocenters. The number of nitriles is 1. The lowest BCUT2D eigenvalue weighted by Gasteiger charge is -2.21.